The van der Waals surface area contributed by atoms with Crippen molar-refractivity contribution in [3.63, 3.8) is 0 Å². The van der Waals surface area contributed by atoms with Crippen LogP contribution in [0.4, 0.5) is 5.00 Å². The molecular weight excluding hydrogens is 436 g/mol. The van der Waals surface area contributed by atoms with Crippen molar-refractivity contribution in [1.29, 1.82) is 0 Å². The molecule has 1 aliphatic carbocycles. The van der Waals surface area contributed by atoms with Crippen LogP contribution in [-0.2, 0) is 22.3 Å². The number of carbonyl (C=O) groups is 2. The second kappa shape index (κ2) is 11.2. The SMILES string of the molecule is CCOCCOc1cccc(C(=O)NC(=S)Nc2sc3c(c2C(=O)OCC)CCC3)c1. The average molecular weight is 463 g/mol. The fourth-order valence-corrected chi connectivity index (χ4v) is 4.85. The van der Waals surface area contributed by atoms with Crippen molar-refractivity contribution >= 4 is 45.5 Å². The summed E-state index contributed by atoms with van der Waals surface area (Å²) in [5.41, 5.74) is 1.97. The topological polar surface area (TPSA) is 85.9 Å². The highest BCUT2D eigenvalue weighted by Gasteiger charge is 2.28. The van der Waals surface area contributed by atoms with E-state index in [1.54, 1.807) is 31.2 Å². The minimum Gasteiger partial charge on any atom is -0.491 e. The molecule has 0 atom stereocenters. The number of nitrogens with one attached hydrogen (secondary N) is 2. The molecule has 2 aromatic rings. The lowest BCUT2D eigenvalue weighted by Gasteiger charge is -2.12. The number of rotatable bonds is 9. The summed E-state index contributed by atoms with van der Waals surface area (Å²) in [6.45, 7) is 5.50. The van der Waals surface area contributed by atoms with Crippen LogP contribution < -0.4 is 15.4 Å². The molecule has 0 bridgehead atoms. The first kappa shape index (κ1) is 23.2. The predicted molar refractivity (Wildman–Crippen MR) is 124 cm³/mol. The van der Waals surface area contributed by atoms with E-state index in [1.807, 2.05) is 6.92 Å². The summed E-state index contributed by atoms with van der Waals surface area (Å²) >= 11 is 6.81. The maximum Gasteiger partial charge on any atom is 0.341 e. The summed E-state index contributed by atoms with van der Waals surface area (Å²) in [5, 5.41) is 6.41. The van der Waals surface area contributed by atoms with Crippen molar-refractivity contribution in [2.75, 3.05) is 31.7 Å². The number of ether oxygens (including phenoxy) is 3. The number of hydrogen-bond donors (Lipinski definition) is 2. The molecule has 3 rings (SSSR count). The van der Waals surface area contributed by atoms with Gasteiger partial charge in [0, 0.05) is 17.0 Å². The number of anilines is 1. The first-order chi connectivity index (χ1) is 15.0. The largest absolute Gasteiger partial charge is 0.491 e. The molecule has 1 aromatic carbocycles. The van der Waals surface area contributed by atoms with Crippen LogP contribution in [0.3, 0.4) is 0 Å². The second-order valence-corrected chi connectivity index (χ2v) is 8.28. The van der Waals surface area contributed by atoms with Gasteiger partial charge < -0.3 is 19.5 Å². The molecule has 1 amide bonds. The van der Waals surface area contributed by atoms with Gasteiger partial charge in [-0.05, 0) is 69.1 Å². The molecule has 2 N–H and O–H groups in total. The van der Waals surface area contributed by atoms with E-state index in [0.29, 0.717) is 48.3 Å². The third kappa shape index (κ3) is 6.03. The first-order valence-corrected chi connectivity index (χ1v) is 11.5. The molecule has 0 aliphatic heterocycles. The van der Waals surface area contributed by atoms with Gasteiger partial charge >= 0.3 is 5.97 Å². The monoisotopic (exact) mass is 462 g/mol. The lowest BCUT2D eigenvalue weighted by molar-refractivity contribution is 0.0527. The van der Waals surface area contributed by atoms with Gasteiger partial charge in [0.25, 0.3) is 5.91 Å². The molecular formula is C22H26N2O5S2. The molecule has 7 nitrogen and oxygen atoms in total. The molecule has 1 aliphatic rings. The van der Waals surface area contributed by atoms with Crippen LogP contribution in [-0.4, -0.2) is 43.4 Å². The number of esters is 1. The number of carbonyl (C=O) groups excluding carboxylic acids is 2. The second-order valence-electron chi connectivity index (χ2n) is 6.76. The van der Waals surface area contributed by atoms with Crippen LogP contribution in [0.5, 0.6) is 5.75 Å². The lowest BCUT2D eigenvalue weighted by atomic mass is 10.1. The minimum absolute atomic E-state index is 0.123. The van der Waals surface area contributed by atoms with Gasteiger partial charge in [0.1, 0.15) is 17.4 Å². The Morgan fingerprint density at radius 1 is 1.16 bits per heavy atom. The van der Waals surface area contributed by atoms with Gasteiger partial charge in [-0.3, -0.25) is 10.1 Å². The van der Waals surface area contributed by atoms with E-state index < -0.39 is 0 Å². The summed E-state index contributed by atoms with van der Waals surface area (Å²) in [4.78, 5) is 26.3. The summed E-state index contributed by atoms with van der Waals surface area (Å²) in [5.74, 6) is -0.157. The van der Waals surface area contributed by atoms with Gasteiger partial charge in [0.2, 0.25) is 0 Å². The fourth-order valence-electron chi connectivity index (χ4n) is 3.31. The maximum atomic E-state index is 12.6. The standard InChI is InChI=1S/C22H26N2O5S2/c1-3-27-11-12-29-15-8-5-7-14(13-15)19(25)23-22(30)24-20-18(21(26)28-4-2)16-9-6-10-17(16)31-20/h5,7-8,13H,3-4,6,9-12H2,1-2H3,(H2,23,24,25,30). The number of benzene rings is 1. The summed E-state index contributed by atoms with van der Waals surface area (Å²) < 4.78 is 16.1. The Bertz CT molecular complexity index is 957. The number of amides is 1. The van der Waals surface area contributed by atoms with Crippen LogP contribution in [0.25, 0.3) is 0 Å². The van der Waals surface area contributed by atoms with E-state index in [2.05, 4.69) is 10.6 Å². The molecule has 0 radical (unpaired) electrons. The van der Waals surface area contributed by atoms with Crippen molar-refractivity contribution in [2.45, 2.75) is 33.1 Å². The van der Waals surface area contributed by atoms with Gasteiger partial charge in [0.05, 0.1) is 18.8 Å². The van der Waals surface area contributed by atoms with Crippen molar-refractivity contribution in [2.24, 2.45) is 0 Å². The van der Waals surface area contributed by atoms with Crippen LogP contribution >= 0.6 is 23.6 Å². The molecule has 1 aromatic heterocycles. The summed E-state index contributed by atoms with van der Waals surface area (Å²) in [6, 6.07) is 6.84. The van der Waals surface area contributed by atoms with Crippen LogP contribution in [0.15, 0.2) is 24.3 Å². The molecule has 0 unspecified atom stereocenters. The van der Waals surface area contributed by atoms with E-state index in [1.165, 1.54) is 11.3 Å². The zero-order chi connectivity index (χ0) is 22.2. The number of thiophene rings is 1. The smallest absolute Gasteiger partial charge is 0.341 e. The molecule has 31 heavy (non-hydrogen) atoms. The van der Waals surface area contributed by atoms with E-state index in [0.717, 1.165) is 29.7 Å². The van der Waals surface area contributed by atoms with E-state index >= 15 is 0 Å². The Hall–Kier alpha value is -2.49. The fraction of sp³-hybridized carbons (Fsp3) is 0.409. The van der Waals surface area contributed by atoms with Crippen LogP contribution in [0, 0.1) is 0 Å². The molecule has 9 heteroatoms. The average Bonchev–Trinajstić information content (AvgIpc) is 3.32. The third-order valence-electron chi connectivity index (χ3n) is 4.65. The predicted octanol–water partition coefficient (Wildman–Crippen LogP) is 3.96. The van der Waals surface area contributed by atoms with Gasteiger partial charge in [0.15, 0.2) is 5.11 Å². The Balaban J connectivity index is 1.64. The van der Waals surface area contributed by atoms with Crippen molar-refractivity contribution < 1.29 is 23.8 Å². The van der Waals surface area contributed by atoms with Crippen molar-refractivity contribution in [1.82, 2.24) is 5.32 Å². The zero-order valence-electron chi connectivity index (χ0n) is 17.6. The Morgan fingerprint density at radius 3 is 2.77 bits per heavy atom. The number of fused-ring (bicyclic) bond motifs is 1. The number of thiocarbonyl (C=S) groups is 1. The molecule has 0 saturated carbocycles. The van der Waals surface area contributed by atoms with Gasteiger partial charge in [-0.1, -0.05) is 6.07 Å². The van der Waals surface area contributed by atoms with Crippen LogP contribution in [0.2, 0.25) is 0 Å². The Kier molecular flexibility index (Phi) is 8.39. The minimum atomic E-state index is -0.366. The van der Waals surface area contributed by atoms with Gasteiger partial charge in [-0.25, -0.2) is 4.79 Å². The quantitative estimate of drug-likeness (QED) is 0.331. The van der Waals surface area contributed by atoms with E-state index in [4.69, 9.17) is 26.4 Å². The van der Waals surface area contributed by atoms with Crippen LogP contribution in [0.1, 0.15) is 51.4 Å². The number of aryl methyl sites for hydroxylation is 1. The molecule has 166 valence electrons. The number of hydrogen-bond acceptors (Lipinski definition) is 7. The Labute approximate surface area is 191 Å². The molecule has 0 fully saturated rings. The Morgan fingerprint density at radius 2 is 2.00 bits per heavy atom. The summed E-state index contributed by atoms with van der Waals surface area (Å²) in [6.07, 6.45) is 2.80. The lowest BCUT2D eigenvalue weighted by Crippen LogP contribution is -2.34. The van der Waals surface area contributed by atoms with Gasteiger partial charge in [-0.15, -0.1) is 11.3 Å². The van der Waals surface area contributed by atoms with Crippen molar-refractivity contribution in [3.8, 4) is 5.75 Å². The molecule has 1 heterocycles. The van der Waals surface area contributed by atoms with E-state index in [-0.39, 0.29) is 17.0 Å². The molecule has 0 spiro atoms. The highest BCUT2D eigenvalue weighted by molar-refractivity contribution is 7.80. The van der Waals surface area contributed by atoms with E-state index in [9.17, 15) is 9.59 Å². The molecule has 0 saturated heterocycles. The summed E-state index contributed by atoms with van der Waals surface area (Å²) in [7, 11) is 0. The first-order valence-electron chi connectivity index (χ1n) is 10.3. The zero-order valence-corrected chi connectivity index (χ0v) is 19.2. The van der Waals surface area contributed by atoms with Crippen molar-refractivity contribution in [3.05, 3.63) is 45.8 Å². The third-order valence-corrected chi connectivity index (χ3v) is 6.06. The highest BCUT2D eigenvalue weighted by Crippen LogP contribution is 2.39. The maximum absolute atomic E-state index is 12.6. The highest BCUT2D eigenvalue weighted by atomic mass is 32.1. The van der Waals surface area contributed by atoms with Gasteiger partial charge in [-0.2, -0.15) is 0 Å². The normalized spacial score (nSPS) is 12.2.